The second-order valence-electron chi connectivity index (χ2n) is 16.9. The molecule has 2 saturated heterocycles. The lowest BCUT2D eigenvalue weighted by Crippen LogP contribution is -2.46. The fraction of sp³-hybridized carbons (Fsp3) is 0.314. The lowest BCUT2D eigenvalue weighted by molar-refractivity contribution is -0.191. The first-order valence-electron chi connectivity index (χ1n) is 22.2. The van der Waals surface area contributed by atoms with Crippen molar-refractivity contribution < 1.29 is 31.9 Å². The van der Waals surface area contributed by atoms with Crippen LogP contribution in [0.15, 0.2) is 125 Å². The number of sulfonamides is 1. The van der Waals surface area contributed by atoms with Crippen LogP contribution in [0.5, 0.6) is 0 Å². The highest BCUT2D eigenvalue weighted by Crippen LogP contribution is 2.40. The molecule has 11 nitrogen and oxygen atoms in total. The number of carbonyl (C=O) groups excluding carboxylic acids is 2. The molecular formula is C51H55ClF2N6O5S2. The predicted octanol–water partition coefficient (Wildman–Crippen LogP) is 9.87. The Kier molecular flexibility index (Phi) is 16.5. The fourth-order valence-corrected chi connectivity index (χ4v) is 10.9. The summed E-state index contributed by atoms with van der Waals surface area (Å²) < 4.78 is 63.8. The highest BCUT2D eigenvalue weighted by molar-refractivity contribution is 7.99. The van der Waals surface area contributed by atoms with Crippen molar-refractivity contribution in [3.05, 3.63) is 143 Å². The fourth-order valence-electron chi connectivity index (χ4n) is 8.63. The van der Waals surface area contributed by atoms with Crippen molar-refractivity contribution in [2.24, 2.45) is 7.05 Å². The molecule has 3 N–H and O–H groups in total. The van der Waals surface area contributed by atoms with Gasteiger partial charge in [0.2, 0.25) is 0 Å². The van der Waals surface area contributed by atoms with Crippen molar-refractivity contribution in [2.75, 3.05) is 71.4 Å². The number of likely N-dealkylation sites (tertiary alicyclic amines) is 1. The van der Waals surface area contributed by atoms with Gasteiger partial charge >= 0.3 is 6.15 Å². The summed E-state index contributed by atoms with van der Waals surface area (Å²) in [5, 5.41) is 14.3. The van der Waals surface area contributed by atoms with Crippen molar-refractivity contribution >= 4 is 62.3 Å². The number of aromatic nitrogens is 1. The average molecular weight is 970 g/mol. The van der Waals surface area contributed by atoms with E-state index in [1.54, 1.807) is 48.2 Å². The van der Waals surface area contributed by atoms with Crippen LogP contribution in [0.3, 0.4) is 0 Å². The summed E-state index contributed by atoms with van der Waals surface area (Å²) in [5.74, 6) is -0.134. The third-order valence-electron chi connectivity index (χ3n) is 12.4. The van der Waals surface area contributed by atoms with Gasteiger partial charge in [0.15, 0.2) is 5.82 Å². The molecular weight excluding hydrogens is 914 g/mol. The van der Waals surface area contributed by atoms with E-state index in [-0.39, 0.29) is 34.4 Å². The number of thioether (sulfide) groups is 1. The normalized spacial score (nSPS) is 15.1. The van der Waals surface area contributed by atoms with E-state index in [9.17, 15) is 13.5 Å². The monoisotopic (exact) mass is 968 g/mol. The lowest BCUT2D eigenvalue weighted by atomic mass is 9.99. The maximum absolute atomic E-state index is 16.5. The molecule has 16 heteroatoms. The summed E-state index contributed by atoms with van der Waals surface area (Å²) in [5.41, 5.74) is 6.65. The number of benzene rings is 5. The largest absolute Gasteiger partial charge is 0.393 e. The van der Waals surface area contributed by atoms with Gasteiger partial charge in [0.1, 0.15) is 5.82 Å². The third kappa shape index (κ3) is 12.5. The van der Waals surface area contributed by atoms with Gasteiger partial charge in [-0.25, -0.2) is 17.2 Å². The Bertz CT molecular complexity index is 2760. The molecule has 0 radical (unpaired) electrons. The van der Waals surface area contributed by atoms with Gasteiger partial charge in [0, 0.05) is 115 Å². The number of hydrogen-bond acceptors (Lipinski definition) is 10. The van der Waals surface area contributed by atoms with E-state index in [1.807, 2.05) is 85.0 Å². The maximum atomic E-state index is 16.5. The molecule has 352 valence electrons. The van der Waals surface area contributed by atoms with E-state index < -0.39 is 21.7 Å². The predicted molar refractivity (Wildman–Crippen MR) is 265 cm³/mol. The highest BCUT2D eigenvalue weighted by atomic mass is 35.5. The smallest absolute Gasteiger partial charge is 0.373 e. The second-order valence-corrected chi connectivity index (χ2v) is 20.1. The molecule has 1 atom stereocenters. The van der Waals surface area contributed by atoms with Crippen LogP contribution in [0.2, 0.25) is 5.02 Å². The quantitative estimate of drug-likeness (QED) is 0.0857. The minimum absolute atomic E-state index is 0.145. The standard InChI is InChI=1S/C50H55ClF2N6O3S2.CO2/c1-34-29-44(17-18-47(34)54-40(33-63-43-7-5-4-6-8-43)19-22-57-23-20-42(60)21-24-57)64(61,62)55-39-13-15-41(16-14-39)58-25-27-59(28-26-58)48-32-38(52)31-45(49(48)53)46-30-35(2)56(3)50(46)36-9-11-37(51)12-10-36;2-1-3/h4-18,29-32,40,42,54-55,60H,19-28,33H2,1-3H3;/t40-;/m1./s1. The van der Waals surface area contributed by atoms with Gasteiger partial charge in [-0.1, -0.05) is 41.9 Å². The molecule has 0 bridgehead atoms. The average Bonchev–Trinajstić information content (AvgIpc) is 3.62. The van der Waals surface area contributed by atoms with Crippen LogP contribution in [0.4, 0.5) is 31.5 Å². The zero-order valence-electron chi connectivity index (χ0n) is 37.7. The zero-order chi connectivity index (χ0) is 47.7. The number of rotatable bonds is 15. The van der Waals surface area contributed by atoms with Crippen LogP contribution in [0.1, 0.15) is 30.5 Å². The Hall–Kier alpha value is -5.67. The van der Waals surface area contributed by atoms with Crippen molar-refractivity contribution in [2.45, 2.75) is 55.0 Å². The van der Waals surface area contributed by atoms with Gasteiger partial charge in [-0.05, 0) is 123 Å². The summed E-state index contributed by atoms with van der Waals surface area (Å²) in [4.78, 5) is 24.1. The SMILES string of the molecule is Cc1cc(S(=O)(=O)Nc2ccc(N3CCN(c4cc(F)cc(-c5cc(C)n(C)c5-c5ccc(Cl)cc5)c4F)CC3)cc2)ccc1N[C@H](CCN1CCC(O)CC1)CSc1ccccc1.O=C=O. The summed E-state index contributed by atoms with van der Waals surface area (Å²) in [6, 6.07) is 34.7. The van der Waals surface area contributed by atoms with E-state index in [2.05, 4.69) is 32.0 Å². The number of nitrogens with zero attached hydrogens (tertiary/aromatic N) is 4. The molecule has 0 amide bonds. The topological polar surface area (TPSA) is 127 Å². The minimum atomic E-state index is -3.89. The summed E-state index contributed by atoms with van der Waals surface area (Å²) in [7, 11) is -1.98. The number of nitrogens with one attached hydrogen (secondary N) is 2. The number of aliphatic hydroxyl groups is 1. The van der Waals surface area contributed by atoms with Gasteiger partial charge in [0.25, 0.3) is 10.0 Å². The molecule has 0 saturated carbocycles. The second kappa shape index (κ2) is 22.4. The molecule has 1 aromatic heterocycles. The van der Waals surface area contributed by atoms with E-state index >= 15 is 8.78 Å². The Morgan fingerprint density at radius 3 is 2.13 bits per heavy atom. The number of piperazine rings is 1. The molecule has 2 aliphatic heterocycles. The van der Waals surface area contributed by atoms with Crippen molar-refractivity contribution in [1.29, 1.82) is 0 Å². The van der Waals surface area contributed by atoms with Crippen molar-refractivity contribution in [1.82, 2.24) is 9.47 Å². The molecule has 2 aliphatic rings. The number of hydrogen-bond donors (Lipinski definition) is 3. The van der Waals surface area contributed by atoms with Gasteiger partial charge < -0.3 is 29.7 Å². The summed E-state index contributed by atoms with van der Waals surface area (Å²) >= 11 is 7.96. The lowest BCUT2D eigenvalue weighted by Gasteiger charge is -2.37. The molecule has 5 aromatic carbocycles. The molecule has 3 heterocycles. The van der Waals surface area contributed by atoms with Crippen LogP contribution >= 0.6 is 23.4 Å². The zero-order valence-corrected chi connectivity index (χ0v) is 40.1. The highest BCUT2D eigenvalue weighted by Gasteiger charge is 2.26. The van der Waals surface area contributed by atoms with E-state index in [0.717, 1.165) is 78.5 Å². The first-order valence-corrected chi connectivity index (χ1v) is 25.1. The summed E-state index contributed by atoms with van der Waals surface area (Å²) in [6.07, 6.45) is 2.56. The van der Waals surface area contributed by atoms with Crippen LogP contribution < -0.4 is 19.8 Å². The van der Waals surface area contributed by atoms with Crippen molar-refractivity contribution in [3.8, 4) is 22.4 Å². The first kappa shape index (κ1) is 49.2. The van der Waals surface area contributed by atoms with Crippen LogP contribution in [-0.2, 0) is 26.7 Å². The number of aliphatic hydroxyl groups excluding tert-OH is 1. The van der Waals surface area contributed by atoms with E-state index in [4.69, 9.17) is 21.2 Å². The molecule has 0 spiro atoms. The molecule has 67 heavy (non-hydrogen) atoms. The van der Waals surface area contributed by atoms with E-state index in [1.165, 1.54) is 17.0 Å². The van der Waals surface area contributed by atoms with Gasteiger partial charge in [-0.3, -0.25) is 4.72 Å². The molecule has 2 fully saturated rings. The van der Waals surface area contributed by atoms with Crippen LogP contribution in [-0.4, -0.2) is 92.9 Å². The maximum Gasteiger partial charge on any atom is 0.373 e. The Labute approximate surface area is 400 Å². The number of halogens is 3. The molecule has 6 aromatic rings. The molecule has 0 unspecified atom stereocenters. The van der Waals surface area contributed by atoms with Gasteiger partial charge in [0.05, 0.1) is 22.4 Å². The molecule has 8 rings (SSSR count). The van der Waals surface area contributed by atoms with Gasteiger partial charge in [-0.15, -0.1) is 11.8 Å². The van der Waals surface area contributed by atoms with Gasteiger partial charge in [-0.2, -0.15) is 9.59 Å². The Balaban J connectivity index is 0.00000216. The van der Waals surface area contributed by atoms with Crippen LogP contribution in [0.25, 0.3) is 22.4 Å². The third-order valence-corrected chi connectivity index (χ3v) is 15.2. The number of aryl methyl sites for hydroxylation is 2. The van der Waals surface area contributed by atoms with Crippen molar-refractivity contribution in [3.63, 3.8) is 0 Å². The first-order chi connectivity index (χ1) is 32.2. The number of piperidine rings is 1. The Morgan fingerprint density at radius 2 is 1.48 bits per heavy atom. The minimum Gasteiger partial charge on any atom is -0.393 e. The molecule has 0 aliphatic carbocycles. The number of anilines is 4. The van der Waals surface area contributed by atoms with Crippen LogP contribution in [0, 0.1) is 25.5 Å². The Morgan fingerprint density at radius 1 is 0.821 bits per heavy atom. The summed E-state index contributed by atoms with van der Waals surface area (Å²) in [6.45, 7) is 8.62. The van der Waals surface area contributed by atoms with E-state index in [0.29, 0.717) is 42.5 Å².